The first-order chi connectivity index (χ1) is 13.1. The first-order valence-corrected chi connectivity index (χ1v) is 9.69. The number of benzene rings is 2. The zero-order valence-electron chi connectivity index (χ0n) is 15.5. The fourth-order valence-corrected chi connectivity index (χ4v) is 3.70. The van der Waals surface area contributed by atoms with Crippen LogP contribution < -0.4 is 5.32 Å². The molecule has 0 radical (unpaired) electrons. The zero-order valence-corrected chi connectivity index (χ0v) is 15.5. The van der Waals surface area contributed by atoms with Gasteiger partial charge in [-0.1, -0.05) is 36.4 Å². The van der Waals surface area contributed by atoms with Crippen molar-refractivity contribution in [1.82, 2.24) is 5.32 Å². The molecule has 1 aliphatic rings. The summed E-state index contributed by atoms with van der Waals surface area (Å²) in [6, 6.07) is 13.2. The van der Waals surface area contributed by atoms with Crippen molar-refractivity contribution in [2.45, 2.75) is 44.6 Å². The van der Waals surface area contributed by atoms with E-state index < -0.39 is 12.0 Å². The summed E-state index contributed by atoms with van der Waals surface area (Å²) in [7, 11) is 0. The average Bonchev–Trinajstić information content (AvgIpc) is 2.67. The van der Waals surface area contributed by atoms with E-state index >= 15 is 0 Å². The lowest BCUT2D eigenvalue weighted by atomic mass is 9.94. The van der Waals surface area contributed by atoms with Gasteiger partial charge in [-0.25, -0.2) is 0 Å². The summed E-state index contributed by atoms with van der Waals surface area (Å²) in [5.74, 6) is -0.362. The molecule has 1 heterocycles. The number of hydrogen-bond donors (Lipinski definition) is 2. The number of fused-ring (bicyclic) bond motifs is 1. The Labute approximate surface area is 159 Å². The predicted octanol–water partition coefficient (Wildman–Crippen LogP) is 4.07. The summed E-state index contributed by atoms with van der Waals surface area (Å²) < 4.78 is 5.36. The number of aliphatic carboxylic acids is 1. The Hall–Kier alpha value is -2.40. The molecule has 2 aromatic carbocycles. The Morgan fingerprint density at radius 3 is 2.59 bits per heavy atom. The van der Waals surface area contributed by atoms with Gasteiger partial charge in [0, 0.05) is 19.6 Å². The van der Waals surface area contributed by atoms with Gasteiger partial charge in [-0.15, -0.1) is 0 Å². The molecule has 0 spiro atoms. The van der Waals surface area contributed by atoms with Gasteiger partial charge in [0.25, 0.3) is 0 Å². The molecule has 144 valence electrons. The molecule has 0 bridgehead atoms. The molecule has 1 fully saturated rings. The Balaban J connectivity index is 1.59. The first kappa shape index (κ1) is 19.4. The number of carbonyl (C=O) groups is 2. The summed E-state index contributed by atoms with van der Waals surface area (Å²) in [5, 5.41) is 14.3. The van der Waals surface area contributed by atoms with Gasteiger partial charge in [0.1, 0.15) is 0 Å². The lowest BCUT2D eigenvalue weighted by Gasteiger charge is -2.22. The molecule has 27 heavy (non-hydrogen) atoms. The van der Waals surface area contributed by atoms with E-state index in [2.05, 4.69) is 5.32 Å². The van der Waals surface area contributed by atoms with E-state index in [1.165, 1.54) is 0 Å². The maximum atomic E-state index is 12.4. The quantitative estimate of drug-likeness (QED) is 0.735. The van der Waals surface area contributed by atoms with Crippen LogP contribution in [0.5, 0.6) is 0 Å². The van der Waals surface area contributed by atoms with Crippen LogP contribution in [0.2, 0.25) is 0 Å². The molecular weight excluding hydrogens is 342 g/mol. The third kappa shape index (κ3) is 5.79. The number of carboxylic acid groups (broad SMARTS) is 1. The van der Waals surface area contributed by atoms with Crippen molar-refractivity contribution < 1.29 is 19.4 Å². The molecule has 0 saturated carbocycles. The smallest absolute Gasteiger partial charge is 0.305 e. The topological polar surface area (TPSA) is 75.6 Å². The van der Waals surface area contributed by atoms with Gasteiger partial charge in [0.2, 0.25) is 5.91 Å². The van der Waals surface area contributed by atoms with Gasteiger partial charge < -0.3 is 15.2 Å². The largest absolute Gasteiger partial charge is 0.481 e. The minimum atomic E-state index is -0.921. The van der Waals surface area contributed by atoms with Crippen LogP contribution >= 0.6 is 0 Å². The molecule has 3 rings (SSSR count). The number of carbonyl (C=O) groups excluding carboxylic acids is 1. The second-order valence-corrected chi connectivity index (χ2v) is 7.27. The minimum absolute atomic E-state index is 0.0820. The molecule has 5 nitrogen and oxygen atoms in total. The van der Waals surface area contributed by atoms with E-state index in [-0.39, 0.29) is 12.3 Å². The van der Waals surface area contributed by atoms with Crippen LogP contribution in [0.4, 0.5) is 0 Å². The summed E-state index contributed by atoms with van der Waals surface area (Å²) >= 11 is 0. The van der Waals surface area contributed by atoms with Crippen LogP contribution in [0.1, 0.15) is 50.1 Å². The Bertz CT molecular complexity index is 783. The van der Waals surface area contributed by atoms with E-state index in [1.54, 1.807) is 0 Å². The summed E-state index contributed by atoms with van der Waals surface area (Å²) in [6.07, 6.45) is 4.30. The number of nitrogens with one attached hydrogen (secondary N) is 1. The van der Waals surface area contributed by atoms with E-state index in [0.29, 0.717) is 12.3 Å². The molecule has 1 saturated heterocycles. The molecule has 1 atom stereocenters. The predicted molar refractivity (Wildman–Crippen MR) is 104 cm³/mol. The van der Waals surface area contributed by atoms with Gasteiger partial charge in [-0.2, -0.15) is 0 Å². The van der Waals surface area contributed by atoms with Crippen LogP contribution in [-0.2, 0) is 14.3 Å². The molecular formula is C22H27NO4. The summed E-state index contributed by atoms with van der Waals surface area (Å²) in [5.41, 5.74) is 0.828. The van der Waals surface area contributed by atoms with Crippen molar-refractivity contribution in [2.75, 3.05) is 13.2 Å². The third-order valence-electron chi connectivity index (χ3n) is 5.25. The lowest BCUT2D eigenvalue weighted by molar-refractivity contribution is -0.137. The fourth-order valence-electron chi connectivity index (χ4n) is 3.70. The van der Waals surface area contributed by atoms with Gasteiger partial charge >= 0.3 is 5.97 Å². The number of ether oxygens (including phenoxy) is 1. The zero-order chi connectivity index (χ0) is 19.1. The molecule has 2 aromatic rings. The molecule has 0 aliphatic carbocycles. The molecule has 1 amide bonds. The van der Waals surface area contributed by atoms with Gasteiger partial charge in [0.05, 0.1) is 12.5 Å². The molecule has 2 N–H and O–H groups in total. The van der Waals surface area contributed by atoms with Gasteiger partial charge in [0.15, 0.2) is 0 Å². The number of hydrogen-bond acceptors (Lipinski definition) is 3. The number of carboxylic acids is 1. The average molecular weight is 369 g/mol. The summed E-state index contributed by atoms with van der Waals surface area (Å²) in [4.78, 5) is 23.7. The number of rotatable bonds is 8. The lowest BCUT2D eigenvalue weighted by Crippen LogP contribution is -2.30. The van der Waals surface area contributed by atoms with Crippen LogP contribution in [0, 0.1) is 5.92 Å². The molecule has 0 aromatic heterocycles. The Kier molecular flexibility index (Phi) is 6.82. The van der Waals surface area contributed by atoms with Crippen LogP contribution in [0.15, 0.2) is 42.5 Å². The van der Waals surface area contributed by atoms with Crippen LogP contribution in [0.25, 0.3) is 10.8 Å². The van der Waals surface area contributed by atoms with Crippen molar-refractivity contribution in [3.8, 4) is 0 Å². The van der Waals surface area contributed by atoms with Crippen molar-refractivity contribution in [2.24, 2.45) is 5.92 Å². The fraction of sp³-hybridized carbons (Fsp3) is 0.455. The SMILES string of the molecule is O=C(O)C[C@H](NC(=O)CCCC1CCOCC1)c1ccc2ccccc2c1. The standard InChI is InChI=1S/C22H27NO4/c24-21(7-3-4-16-10-12-27-13-11-16)23-20(15-22(25)26)19-9-8-17-5-1-2-6-18(17)14-19/h1-2,5-6,8-9,14,16,20H,3-4,7,10-13,15H2,(H,23,24)(H,25,26)/t20-/m0/s1. The normalized spacial score (nSPS) is 16.1. The van der Waals surface area contributed by atoms with E-state index in [1.807, 2.05) is 42.5 Å². The first-order valence-electron chi connectivity index (χ1n) is 9.69. The number of amides is 1. The highest BCUT2D eigenvalue weighted by Crippen LogP contribution is 2.24. The molecule has 5 heteroatoms. The third-order valence-corrected chi connectivity index (χ3v) is 5.25. The van der Waals surface area contributed by atoms with E-state index in [4.69, 9.17) is 4.74 Å². The Morgan fingerprint density at radius 2 is 1.85 bits per heavy atom. The van der Waals surface area contributed by atoms with Gasteiger partial charge in [-0.3, -0.25) is 9.59 Å². The van der Waals surface area contributed by atoms with Crippen molar-refractivity contribution in [3.05, 3.63) is 48.0 Å². The highest BCUT2D eigenvalue weighted by molar-refractivity contribution is 5.84. The maximum Gasteiger partial charge on any atom is 0.305 e. The second-order valence-electron chi connectivity index (χ2n) is 7.27. The summed E-state index contributed by atoms with van der Waals surface area (Å²) in [6.45, 7) is 1.64. The van der Waals surface area contributed by atoms with E-state index in [0.717, 1.165) is 55.2 Å². The van der Waals surface area contributed by atoms with Crippen molar-refractivity contribution in [3.63, 3.8) is 0 Å². The minimum Gasteiger partial charge on any atom is -0.481 e. The van der Waals surface area contributed by atoms with Crippen LogP contribution in [-0.4, -0.2) is 30.2 Å². The van der Waals surface area contributed by atoms with E-state index in [9.17, 15) is 14.7 Å². The van der Waals surface area contributed by atoms with Crippen LogP contribution in [0.3, 0.4) is 0 Å². The Morgan fingerprint density at radius 1 is 1.11 bits per heavy atom. The highest BCUT2D eigenvalue weighted by Gasteiger charge is 2.19. The van der Waals surface area contributed by atoms with Gasteiger partial charge in [-0.05, 0) is 54.0 Å². The van der Waals surface area contributed by atoms with Crippen molar-refractivity contribution in [1.29, 1.82) is 0 Å². The second kappa shape index (κ2) is 9.51. The van der Waals surface area contributed by atoms with Crippen molar-refractivity contribution >= 4 is 22.6 Å². The monoisotopic (exact) mass is 369 g/mol. The maximum absolute atomic E-state index is 12.4. The molecule has 0 unspecified atom stereocenters. The highest BCUT2D eigenvalue weighted by atomic mass is 16.5. The molecule has 1 aliphatic heterocycles.